The number of rotatable bonds is 7. The fourth-order valence-corrected chi connectivity index (χ4v) is 6.27. The van der Waals surface area contributed by atoms with Crippen molar-refractivity contribution in [1.29, 1.82) is 5.26 Å². The number of aromatic nitrogens is 4. The van der Waals surface area contributed by atoms with Crippen molar-refractivity contribution in [3.63, 3.8) is 0 Å². The number of benzene rings is 3. The number of anilines is 3. The van der Waals surface area contributed by atoms with Crippen LogP contribution in [-0.4, -0.2) is 43.5 Å². The fourth-order valence-electron chi connectivity index (χ4n) is 5.87. The molecule has 8 nitrogen and oxygen atoms in total. The molecule has 0 bridgehead atoms. The van der Waals surface area contributed by atoms with Crippen molar-refractivity contribution >= 4 is 51.2 Å². The molecular weight excluding hydrogens is 648 g/mol. The molecule has 242 valence electrons. The largest absolute Gasteiger partial charge is 0.373 e. The molecule has 1 fully saturated rings. The maximum atomic E-state index is 14.7. The third-order valence-corrected chi connectivity index (χ3v) is 9.01. The minimum absolute atomic E-state index is 0.0459. The normalized spacial score (nSPS) is 15.0. The summed E-state index contributed by atoms with van der Waals surface area (Å²) in [4.78, 5) is 6.81. The van der Waals surface area contributed by atoms with E-state index in [9.17, 15) is 18.4 Å². The molecule has 1 aliphatic heterocycles. The maximum Gasteiger partial charge on any atom is 0.196 e. The monoisotopic (exact) mass is 678 g/mol. The van der Waals surface area contributed by atoms with E-state index < -0.39 is 23.5 Å². The smallest absolute Gasteiger partial charge is 0.196 e. The van der Waals surface area contributed by atoms with Gasteiger partial charge < -0.3 is 10.6 Å². The van der Waals surface area contributed by atoms with Crippen LogP contribution in [0.1, 0.15) is 62.5 Å². The predicted molar refractivity (Wildman–Crippen MR) is 178 cm³/mol. The molecule has 1 aliphatic rings. The topological polar surface area (TPSA) is 94.7 Å². The molecule has 0 amide bonds. The van der Waals surface area contributed by atoms with E-state index in [1.54, 1.807) is 24.3 Å². The average molecular weight is 680 g/mol. The van der Waals surface area contributed by atoms with Gasteiger partial charge in [0.1, 0.15) is 11.8 Å². The van der Waals surface area contributed by atoms with Crippen LogP contribution in [0.3, 0.4) is 0 Å². The zero-order valence-electron chi connectivity index (χ0n) is 25.8. The summed E-state index contributed by atoms with van der Waals surface area (Å²) in [6, 6.07) is 14.3. The number of fused-ring (bicyclic) bond motifs is 1. The number of likely N-dealkylation sites (tertiary alicyclic amines) is 1. The molecular formula is C34H31Cl2F3N8. The molecule has 1 unspecified atom stereocenters. The first-order chi connectivity index (χ1) is 22.4. The lowest BCUT2D eigenvalue weighted by Crippen LogP contribution is -2.46. The maximum absolute atomic E-state index is 14.7. The van der Waals surface area contributed by atoms with Gasteiger partial charge in [-0.15, -0.1) is 5.10 Å². The molecule has 5 aromatic rings. The Balaban J connectivity index is 1.37. The predicted octanol–water partition coefficient (Wildman–Crippen LogP) is 8.80. The molecule has 1 atom stereocenters. The quantitative estimate of drug-likeness (QED) is 0.166. The number of nitrogens with one attached hydrogen (secondary N) is 2. The molecule has 0 radical (unpaired) electrons. The Hall–Kier alpha value is -4.37. The highest BCUT2D eigenvalue weighted by Crippen LogP contribution is 2.38. The van der Waals surface area contributed by atoms with E-state index in [-0.39, 0.29) is 33.5 Å². The van der Waals surface area contributed by atoms with E-state index in [1.807, 2.05) is 29.1 Å². The summed E-state index contributed by atoms with van der Waals surface area (Å²) in [7, 11) is 0. The first-order valence-electron chi connectivity index (χ1n) is 15.0. The van der Waals surface area contributed by atoms with Crippen LogP contribution in [0.2, 0.25) is 10.0 Å². The number of piperidine rings is 1. The lowest BCUT2D eigenvalue weighted by atomic mass is 9.98. The molecule has 0 saturated carbocycles. The van der Waals surface area contributed by atoms with E-state index in [0.717, 1.165) is 43.6 Å². The minimum atomic E-state index is -1.63. The van der Waals surface area contributed by atoms with Gasteiger partial charge in [0.25, 0.3) is 0 Å². The van der Waals surface area contributed by atoms with Gasteiger partial charge in [-0.25, -0.2) is 17.9 Å². The Bertz CT molecular complexity index is 1980. The summed E-state index contributed by atoms with van der Waals surface area (Å²) in [5.74, 6) is -4.39. The average Bonchev–Trinajstić information content (AvgIpc) is 3.54. The van der Waals surface area contributed by atoms with E-state index in [0.29, 0.717) is 27.3 Å². The number of nitriles is 1. The molecule has 2 N–H and O–H groups in total. The highest BCUT2D eigenvalue weighted by molar-refractivity contribution is 6.36. The molecule has 1 saturated heterocycles. The van der Waals surface area contributed by atoms with E-state index >= 15 is 0 Å². The van der Waals surface area contributed by atoms with E-state index in [1.165, 1.54) is 6.20 Å². The van der Waals surface area contributed by atoms with Gasteiger partial charge in [-0.2, -0.15) is 5.26 Å². The summed E-state index contributed by atoms with van der Waals surface area (Å²) < 4.78 is 44.3. The lowest BCUT2D eigenvalue weighted by Gasteiger charge is -2.40. The van der Waals surface area contributed by atoms with Gasteiger partial charge in [0.05, 0.1) is 45.8 Å². The number of halogens is 5. The van der Waals surface area contributed by atoms with Crippen molar-refractivity contribution in [1.82, 2.24) is 24.9 Å². The zero-order chi connectivity index (χ0) is 33.5. The summed E-state index contributed by atoms with van der Waals surface area (Å²) in [6.07, 6.45) is 5.12. The molecule has 0 spiro atoms. The molecule has 6 rings (SSSR count). The van der Waals surface area contributed by atoms with Crippen molar-refractivity contribution in [3.05, 3.63) is 105 Å². The molecule has 0 aliphatic carbocycles. The van der Waals surface area contributed by atoms with Gasteiger partial charge in [0.15, 0.2) is 17.5 Å². The van der Waals surface area contributed by atoms with Gasteiger partial charge in [-0.05, 0) is 75.6 Å². The van der Waals surface area contributed by atoms with Gasteiger partial charge in [-0.3, -0.25) is 9.88 Å². The summed E-state index contributed by atoms with van der Waals surface area (Å²) in [5.41, 5.74) is 2.28. The van der Waals surface area contributed by atoms with Crippen LogP contribution in [0.4, 0.5) is 30.2 Å². The van der Waals surface area contributed by atoms with Crippen molar-refractivity contribution in [2.45, 2.75) is 51.2 Å². The number of hydrogen-bond acceptors (Lipinski definition) is 7. The van der Waals surface area contributed by atoms with Gasteiger partial charge in [0, 0.05) is 40.9 Å². The third-order valence-electron chi connectivity index (χ3n) is 8.47. The van der Waals surface area contributed by atoms with E-state index in [4.69, 9.17) is 23.2 Å². The third kappa shape index (κ3) is 6.72. The highest BCUT2D eigenvalue weighted by Gasteiger charge is 2.29. The second kappa shape index (κ2) is 13.0. The first-order valence-corrected chi connectivity index (χ1v) is 15.8. The number of pyridine rings is 1. The molecule has 3 heterocycles. The zero-order valence-corrected chi connectivity index (χ0v) is 27.3. The SMILES string of the molecule is CC(C)(C)N1CCC(n2cc(C(Nc3cc(Cl)c4ncc(C#N)c(Nc5ccc(F)c(F)c5F)c4c3)c3ccc(Cl)cc3)nn2)CC1. The molecule has 13 heteroatoms. The van der Waals surface area contributed by atoms with Crippen LogP contribution < -0.4 is 10.6 Å². The summed E-state index contributed by atoms with van der Waals surface area (Å²) in [5, 5.41) is 26.3. The Kier molecular flexibility index (Phi) is 9.03. The van der Waals surface area contributed by atoms with Gasteiger partial charge in [-0.1, -0.05) is 40.5 Å². The van der Waals surface area contributed by atoms with Crippen LogP contribution >= 0.6 is 23.2 Å². The van der Waals surface area contributed by atoms with Crippen LogP contribution in [-0.2, 0) is 0 Å². The Morgan fingerprint density at radius 2 is 1.72 bits per heavy atom. The van der Waals surface area contributed by atoms with Crippen LogP contribution in [0.5, 0.6) is 0 Å². The van der Waals surface area contributed by atoms with Crippen molar-refractivity contribution in [2.75, 3.05) is 23.7 Å². The Labute approximate surface area is 280 Å². The van der Waals surface area contributed by atoms with Gasteiger partial charge >= 0.3 is 0 Å². The molecule has 47 heavy (non-hydrogen) atoms. The molecule has 3 aromatic carbocycles. The second-order valence-electron chi connectivity index (χ2n) is 12.5. The summed E-state index contributed by atoms with van der Waals surface area (Å²) >= 11 is 12.9. The van der Waals surface area contributed by atoms with Crippen LogP contribution in [0.15, 0.2) is 60.9 Å². The molecule has 2 aromatic heterocycles. The van der Waals surface area contributed by atoms with Crippen molar-refractivity contribution in [3.8, 4) is 6.07 Å². The van der Waals surface area contributed by atoms with Crippen molar-refractivity contribution in [2.24, 2.45) is 0 Å². The highest BCUT2D eigenvalue weighted by atomic mass is 35.5. The van der Waals surface area contributed by atoms with Crippen molar-refractivity contribution < 1.29 is 13.2 Å². The Morgan fingerprint density at radius 1 is 1.00 bits per heavy atom. The summed E-state index contributed by atoms with van der Waals surface area (Å²) in [6.45, 7) is 8.58. The van der Waals surface area contributed by atoms with Gasteiger partial charge in [0.2, 0.25) is 0 Å². The number of hydrogen-bond donors (Lipinski definition) is 2. The fraction of sp³-hybridized carbons (Fsp3) is 0.294. The standard InChI is InChI=1S/C34H31Cl2F3N8/c1-34(2,3)46-12-10-23(11-13-46)47-18-28(44-45-47)32(19-4-6-21(35)7-5-19)42-22-14-24-31(20(16-40)17-41-33(24)25(36)15-22)43-27-9-8-26(37)29(38)30(27)39/h4-9,14-15,17-18,23,32,42H,10-13H2,1-3H3,(H,41,43). The lowest BCUT2D eigenvalue weighted by molar-refractivity contribution is 0.0866. The van der Waals surface area contributed by atoms with E-state index in [2.05, 4.69) is 51.6 Å². The Morgan fingerprint density at radius 3 is 2.40 bits per heavy atom. The van der Waals surface area contributed by atoms with Crippen LogP contribution in [0, 0.1) is 28.8 Å². The van der Waals surface area contributed by atoms with Crippen LogP contribution in [0.25, 0.3) is 10.9 Å². The minimum Gasteiger partial charge on any atom is -0.373 e. The first kappa shape index (κ1) is 32.6. The second-order valence-corrected chi connectivity index (χ2v) is 13.3. The number of nitrogens with zero attached hydrogens (tertiary/aromatic N) is 6.